The molecule has 0 aliphatic heterocycles. The second-order valence-corrected chi connectivity index (χ2v) is 3.41. The number of aromatic nitrogens is 1. The first-order valence-corrected chi connectivity index (χ1v) is 4.68. The van der Waals surface area contributed by atoms with Crippen molar-refractivity contribution in [1.82, 2.24) is 5.16 Å². The number of nitrogen functional groups attached to an aromatic ring is 1. The van der Waals surface area contributed by atoms with Gasteiger partial charge in [0.1, 0.15) is 0 Å². The highest BCUT2D eigenvalue weighted by Crippen LogP contribution is 2.31. The van der Waals surface area contributed by atoms with Gasteiger partial charge >= 0.3 is 0 Å². The highest BCUT2D eigenvalue weighted by molar-refractivity contribution is 5.73. The maximum atomic E-state index is 13.6. The molecule has 0 aliphatic rings. The van der Waals surface area contributed by atoms with Crippen molar-refractivity contribution in [3.63, 3.8) is 0 Å². The normalized spacial score (nSPS) is 10.4. The van der Waals surface area contributed by atoms with Crippen LogP contribution in [0.25, 0.3) is 11.1 Å². The Hall–Kier alpha value is -2.04. The van der Waals surface area contributed by atoms with Gasteiger partial charge in [-0.2, -0.15) is 0 Å². The molecule has 1 aromatic carbocycles. The smallest absolute Gasteiger partial charge is 0.229 e. The van der Waals surface area contributed by atoms with Crippen LogP contribution in [-0.4, -0.2) is 12.3 Å². The molecule has 16 heavy (non-hydrogen) atoms. The van der Waals surface area contributed by atoms with Gasteiger partial charge in [-0.05, 0) is 30.2 Å². The van der Waals surface area contributed by atoms with E-state index in [1.807, 2.05) is 0 Å². The number of methoxy groups -OCH3 is 1. The molecule has 84 valence electrons. The molecule has 0 spiro atoms. The zero-order valence-corrected chi connectivity index (χ0v) is 8.95. The Morgan fingerprint density at radius 2 is 2.19 bits per heavy atom. The van der Waals surface area contributed by atoms with Gasteiger partial charge in [-0.15, -0.1) is 0 Å². The first-order valence-electron chi connectivity index (χ1n) is 4.68. The molecule has 0 aliphatic carbocycles. The van der Waals surface area contributed by atoms with Crippen LogP contribution in [0.4, 0.5) is 10.3 Å². The van der Waals surface area contributed by atoms with Gasteiger partial charge in [0, 0.05) is 0 Å². The molecular formula is C11H11FN2O2. The van der Waals surface area contributed by atoms with Gasteiger partial charge in [0.25, 0.3) is 0 Å². The van der Waals surface area contributed by atoms with Crippen LogP contribution in [0.15, 0.2) is 22.9 Å². The highest BCUT2D eigenvalue weighted by Gasteiger charge is 2.13. The van der Waals surface area contributed by atoms with E-state index in [0.29, 0.717) is 16.7 Å². The summed E-state index contributed by atoms with van der Waals surface area (Å²) in [7, 11) is 1.43. The Labute approximate surface area is 91.8 Å². The molecule has 0 bridgehead atoms. The van der Waals surface area contributed by atoms with E-state index < -0.39 is 5.82 Å². The molecule has 2 aromatic rings. The summed E-state index contributed by atoms with van der Waals surface area (Å²) in [4.78, 5) is 0. The van der Waals surface area contributed by atoms with Crippen LogP contribution in [0.5, 0.6) is 5.75 Å². The van der Waals surface area contributed by atoms with Gasteiger partial charge in [-0.1, -0.05) is 5.16 Å². The summed E-state index contributed by atoms with van der Waals surface area (Å²) in [6.45, 7) is 1.76. The van der Waals surface area contributed by atoms with Gasteiger partial charge in [-0.25, -0.2) is 4.39 Å². The van der Waals surface area contributed by atoms with E-state index in [4.69, 9.17) is 15.0 Å². The first kappa shape index (κ1) is 10.5. The minimum Gasteiger partial charge on any atom is -0.493 e. The summed E-state index contributed by atoms with van der Waals surface area (Å²) in [5.41, 5.74) is 7.45. The Kier molecular flexibility index (Phi) is 2.52. The number of halogens is 1. The third kappa shape index (κ3) is 1.60. The Bertz CT molecular complexity index is 499. The summed E-state index contributed by atoms with van der Waals surface area (Å²) < 4.78 is 23.3. The van der Waals surface area contributed by atoms with Crippen LogP contribution in [0.1, 0.15) is 5.56 Å². The molecule has 0 fully saturated rings. The number of rotatable bonds is 2. The van der Waals surface area contributed by atoms with E-state index in [-0.39, 0.29) is 11.6 Å². The van der Waals surface area contributed by atoms with Crippen molar-refractivity contribution in [2.24, 2.45) is 0 Å². The number of aryl methyl sites for hydroxylation is 1. The summed E-state index contributed by atoms with van der Waals surface area (Å²) in [6.07, 6.45) is 1.45. The van der Waals surface area contributed by atoms with Crippen LogP contribution in [0, 0.1) is 12.7 Å². The number of benzene rings is 1. The van der Waals surface area contributed by atoms with Gasteiger partial charge < -0.3 is 15.0 Å². The third-order valence-electron chi connectivity index (χ3n) is 2.34. The fraction of sp³-hybridized carbons (Fsp3) is 0.182. The van der Waals surface area contributed by atoms with Gasteiger partial charge in [0.15, 0.2) is 11.6 Å². The maximum absolute atomic E-state index is 13.6. The number of nitrogens with zero attached hydrogens (tertiary/aromatic N) is 1. The highest BCUT2D eigenvalue weighted by atomic mass is 19.1. The summed E-state index contributed by atoms with van der Waals surface area (Å²) >= 11 is 0. The Morgan fingerprint density at radius 3 is 2.69 bits per heavy atom. The largest absolute Gasteiger partial charge is 0.493 e. The monoisotopic (exact) mass is 222 g/mol. The molecule has 0 saturated heterocycles. The van der Waals surface area contributed by atoms with Crippen LogP contribution in [0.3, 0.4) is 0 Å². The summed E-state index contributed by atoms with van der Waals surface area (Å²) in [5, 5.41) is 3.55. The number of ether oxygens (including phenoxy) is 1. The van der Waals surface area contributed by atoms with E-state index >= 15 is 0 Å². The predicted octanol–water partition coefficient (Wildman–Crippen LogP) is 2.38. The van der Waals surface area contributed by atoms with Crippen LogP contribution >= 0.6 is 0 Å². The minimum absolute atomic E-state index is 0.170. The molecule has 0 amide bonds. The lowest BCUT2D eigenvalue weighted by molar-refractivity contribution is 0.383. The van der Waals surface area contributed by atoms with Gasteiger partial charge in [-0.3, -0.25) is 0 Å². The fourth-order valence-corrected chi connectivity index (χ4v) is 1.61. The molecule has 5 heteroatoms. The van der Waals surface area contributed by atoms with Crippen molar-refractivity contribution < 1.29 is 13.7 Å². The number of hydrogen-bond donors (Lipinski definition) is 1. The van der Waals surface area contributed by atoms with Crippen molar-refractivity contribution in [2.45, 2.75) is 6.92 Å². The van der Waals surface area contributed by atoms with E-state index in [2.05, 4.69) is 5.16 Å². The quantitative estimate of drug-likeness (QED) is 0.847. The maximum Gasteiger partial charge on any atom is 0.229 e. The Morgan fingerprint density at radius 1 is 1.44 bits per heavy atom. The first-order chi connectivity index (χ1) is 7.63. The average Bonchev–Trinajstić information content (AvgIpc) is 2.64. The molecule has 0 atom stereocenters. The van der Waals surface area contributed by atoms with E-state index in [9.17, 15) is 4.39 Å². The van der Waals surface area contributed by atoms with E-state index in [1.54, 1.807) is 13.0 Å². The predicted molar refractivity (Wildman–Crippen MR) is 57.6 cm³/mol. The second kappa shape index (κ2) is 3.84. The summed E-state index contributed by atoms with van der Waals surface area (Å²) in [5.74, 6) is -0.0270. The van der Waals surface area contributed by atoms with Crippen molar-refractivity contribution >= 4 is 5.88 Å². The Balaban J connectivity index is 2.57. The third-order valence-corrected chi connectivity index (χ3v) is 2.34. The lowest BCUT2D eigenvalue weighted by Crippen LogP contribution is -1.93. The lowest BCUT2D eigenvalue weighted by Gasteiger charge is -2.07. The number of anilines is 1. The van der Waals surface area contributed by atoms with Crippen molar-refractivity contribution in [2.75, 3.05) is 12.8 Å². The molecule has 1 aromatic heterocycles. The minimum atomic E-state index is -0.432. The fourth-order valence-electron chi connectivity index (χ4n) is 1.61. The van der Waals surface area contributed by atoms with Crippen molar-refractivity contribution in [3.05, 3.63) is 29.7 Å². The van der Waals surface area contributed by atoms with Crippen molar-refractivity contribution in [1.29, 1.82) is 0 Å². The molecular weight excluding hydrogens is 211 g/mol. The van der Waals surface area contributed by atoms with E-state index in [0.717, 1.165) is 0 Å². The molecule has 4 nitrogen and oxygen atoms in total. The molecule has 0 saturated carbocycles. The number of hydrogen-bond acceptors (Lipinski definition) is 4. The van der Waals surface area contributed by atoms with Crippen LogP contribution < -0.4 is 10.5 Å². The molecule has 1 heterocycles. The van der Waals surface area contributed by atoms with Gasteiger partial charge in [0.2, 0.25) is 5.88 Å². The van der Waals surface area contributed by atoms with Gasteiger partial charge in [0.05, 0.1) is 18.9 Å². The zero-order chi connectivity index (χ0) is 11.7. The standard InChI is InChI=1S/C11H11FN2O2/c1-6-3-7(4-9(12)10(6)15-2)8-5-14-16-11(8)13/h3-5H,13H2,1-2H3. The van der Waals surface area contributed by atoms with E-state index in [1.165, 1.54) is 19.4 Å². The summed E-state index contributed by atoms with van der Waals surface area (Å²) in [6, 6.07) is 3.11. The molecule has 2 N–H and O–H groups in total. The second-order valence-electron chi connectivity index (χ2n) is 3.41. The average molecular weight is 222 g/mol. The zero-order valence-electron chi connectivity index (χ0n) is 8.95. The number of nitrogens with two attached hydrogens (primary N) is 1. The molecule has 2 rings (SSSR count). The molecule has 0 unspecified atom stereocenters. The topological polar surface area (TPSA) is 61.3 Å². The molecule has 0 radical (unpaired) electrons. The SMILES string of the molecule is COc1c(C)cc(-c2cnoc2N)cc1F. The van der Waals surface area contributed by atoms with Crippen molar-refractivity contribution in [3.8, 4) is 16.9 Å². The van der Waals surface area contributed by atoms with Crippen LogP contribution in [0.2, 0.25) is 0 Å². The van der Waals surface area contributed by atoms with Crippen LogP contribution in [-0.2, 0) is 0 Å². The lowest BCUT2D eigenvalue weighted by atomic mass is 10.1.